The summed E-state index contributed by atoms with van der Waals surface area (Å²) in [7, 11) is 1.51. The Morgan fingerprint density at radius 2 is 2.12 bits per heavy atom. The summed E-state index contributed by atoms with van der Waals surface area (Å²) in [4.78, 5) is 0. The van der Waals surface area contributed by atoms with Gasteiger partial charge < -0.3 is 10.5 Å². The third-order valence-corrected chi connectivity index (χ3v) is 3.25. The lowest BCUT2D eigenvalue weighted by Crippen LogP contribution is -2.22. The van der Waals surface area contributed by atoms with Crippen LogP contribution in [0.2, 0.25) is 0 Å². The van der Waals surface area contributed by atoms with Crippen molar-refractivity contribution in [1.29, 1.82) is 0 Å². The van der Waals surface area contributed by atoms with Crippen LogP contribution in [0.3, 0.4) is 0 Å². The monoisotopic (exact) mass is 223 g/mol. The smallest absolute Gasteiger partial charge is 0.165 e. The second-order valence-electron chi connectivity index (χ2n) is 4.80. The summed E-state index contributed by atoms with van der Waals surface area (Å²) in [5.41, 5.74) is 7.89. The van der Waals surface area contributed by atoms with Crippen LogP contribution >= 0.6 is 0 Å². The number of methoxy groups -OCH3 is 1. The van der Waals surface area contributed by atoms with Gasteiger partial charge in [-0.2, -0.15) is 0 Å². The number of aryl methyl sites for hydroxylation is 2. The number of halogens is 1. The van der Waals surface area contributed by atoms with E-state index in [0.29, 0.717) is 5.75 Å². The summed E-state index contributed by atoms with van der Waals surface area (Å²) >= 11 is 0. The number of ether oxygens (including phenoxy) is 1. The van der Waals surface area contributed by atoms with Crippen molar-refractivity contribution in [3.8, 4) is 5.75 Å². The lowest BCUT2D eigenvalue weighted by Gasteiger charge is -2.13. The van der Waals surface area contributed by atoms with E-state index in [9.17, 15) is 4.39 Å². The minimum atomic E-state index is -0.278. The minimum Gasteiger partial charge on any atom is -0.493 e. The Hall–Kier alpha value is -1.09. The van der Waals surface area contributed by atoms with Crippen LogP contribution in [0.1, 0.15) is 30.4 Å². The molecule has 2 rings (SSSR count). The van der Waals surface area contributed by atoms with Crippen LogP contribution in [0.15, 0.2) is 12.1 Å². The molecule has 1 aliphatic rings. The van der Waals surface area contributed by atoms with E-state index in [1.165, 1.54) is 13.2 Å². The molecule has 0 saturated heterocycles. The van der Waals surface area contributed by atoms with Gasteiger partial charge in [0.25, 0.3) is 0 Å². The molecule has 0 unspecified atom stereocenters. The third kappa shape index (κ3) is 2.35. The van der Waals surface area contributed by atoms with E-state index in [0.717, 1.165) is 36.8 Å². The highest BCUT2D eigenvalue weighted by Gasteiger charge is 2.37. The summed E-state index contributed by atoms with van der Waals surface area (Å²) < 4.78 is 18.7. The molecule has 88 valence electrons. The van der Waals surface area contributed by atoms with Gasteiger partial charge in [-0.05, 0) is 49.8 Å². The fourth-order valence-corrected chi connectivity index (χ4v) is 2.01. The van der Waals surface area contributed by atoms with E-state index in [-0.39, 0.29) is 11.4 Å². The molecule has 2 N–H and O–H groups in total. The number of rotatable bonds is 4. The minimum absolute atomic E-state index is 0.00519. The molecule has 16 heavy (non-hydrogen) atoms. The molecule has 0 bridgehead atoms. The topological polar surface area (TPSA) is 35.2 Å². The summed E-state index contributed by atoms with van der Waals surface area (Å²) in [6.07, 6.45) is 3.87. The lowest BCUT2D eigenvalue weighted by atomic mass is 10.0. The van der Waals surface area contributed by atoms with Gasteiger partial charge in [-0.1, -0.05) is 6.07 Å². The van der Waals surface area contributed by atoms with Crippen molar-refractivity contribution in [2.45, 2.75) is 38.1 Å². The number of hydrogen-bond acceptors (Lipinski definition) is 2. The average molecular weight is 223 g/mol. The van der Waals surface area contributed by atoms with Gasteiger partial charge >= 0.3 is 0 Å². The summed E-state index contributed by atoms with van der Waals surface area (Å²) in [5.74, 6) is 0.0919. The Morgan fingerprint density at radius 3 is 2.69 bits per heavy atom. The van der Waals surface area contributed by atoms with Gasteiger partial charge in [0.1, 0.15) is 0 Å². The zero-order chi connectivity index (χ0) is 11.8. The standard InChI is InChI=1S/C13H18FNO/c1-9-7-10(3-4-13(15)5-6-13)12(16-2)11(14)8-9/h7-8H,3-6,15H2,1-2H3. The van der Waals surface area contributed by atoms with E-state index in [1.807, 2.05) is 13.0 Å². The first kappa shape index (κ1) is 11.4. The van der Waals surface area contributed by atoms with Crippen molar-refractivity contribution < 1.29 is 9.13 Å². The third-order valence-electron chi connectivity index (χ3n) is 3.25. The van der Waals surface area contributed by atoms with Gasteiger partial charge in [0.05, 0.1) is 7.11 Å². The van der Waals surface area contributed by atoms with Crippen molar-refractivity contribution in [2.24, 2.45) is 5.73 Å². The highest BCUT2D eigenvalue weighted by Crippen LogP contribution is 2.37. The van der Waals surface area contributed by atoms with Crippen LogP contribution in [0.4, 0.5) is 4.39 Å². The fourth-order valence-electron chi connectivity index (χ4n) is 2.01. The SMILES string of the molecule is COc1c(F)cc(C)cc1CCC1(N)CC1. The van der Waals surface area contributed by atoms with Gasteiger partial charge in [0.15, 0.2) is 11.6 Å². The van der Waals surface area contributed by atoms with Gasteiger partial charge in [0, 0.05) is 5.54 Å². The van der Waals surface area contributed by atoms with Crippen molar-refractivity contribution in [3.05, 3.63) is 29.1 Å². The Bertz CT molecular complexity index is 399. The van der Waals surface area contributed by atoms with Crippen LogP contribution in [0.5, 0.6) is 5.75 Å². The molecule has 0 aromatic heterocycles. The maximum Gasteiger partial charge on any atom is 0.165 e. The van der Waals surface area contributed by atoms with Crippen molar-refractivity contribution in [2.75, 3.05) is 7.11 Å². The molecule has 1 aromatic carbocycles. The molecular formula is C13H18FNO. The van der Waals surface area contributed by atoms with Gasteiger partial charge in [-0.15, -0.1) is 0 Å². The second kappa shape index (κ2) is 4.06. The van der Waals surface area contributed by atoms with E-state index in [2.05, 4.69) is 0 Å². The summed E-state index contributed by atoms with van der Waals surface area (Å²) in [5, 5.41) is 0. The van der Waals surface area contributed by atoms with Crippen molar-refractivity contribution in [1.82, 2.24) is 0 Å². The Balaban J connectivity index is 2.17. The number of hydrogen-bond donors (Lipinski definition) is 1. The fraction of sp³-hybridized carbons (Fsp3) is 0.538. The van der Waals surface area contributed by atoms with E-state index in [1.54, 1.807) is 0 Å². The molecule has 0 atom stereocenters. The maximum atomic E-state index is 13.6. The van der Waals surface area contributed by atoms with Crippen LogP contribution in [0.25, 0.3) is 0 Å². The molecule has 0 spiro atoms. The number of nitrogens with two attached hydrogens (primary N) is 1. The van der Waals surface area contributed by atoms with Crippen LogP contribution < -0.4 is 10.5 Å². The van der Waals surface area contributed by atoms with Crippen molar-refractivity contribution in [3.63, 3.8) is 0 Å². The molecule has 1 saturated carbocycles. The second-order valence-corrected chi connectivity index (χ2v) is 4.80. The Labute approximate surface area is 95.6 Å². The van der Waals surface area contributed by atoms with Crippen LogP contribution in [-0.4, -0.2) is 12.6 Å². The zero-order valence-electron chi connectivity index (χ0n) is 9.85. The van der Waals surface area contributed by atoms with E-state index in [4.69, 9.17) is 10.5 Å². The Morgan fingerprint density at radius 1 is 1.44 bits per heavy atom. The molecule has 1 aromatic rings. The molecule has 3 heteroatoms. The number of benzene rings is 1. The first-order valence-electron chi connectivity index (χ1n) is 5.66. The highest BCUT2D eigenvalue weighted by molar-refractivity contribution is 5.38. The normalized spacial score (nSPS) is 17.2. The van der Waals surface area contributed by atoms with Gasteiger partial charge in [-0.25, -0.2) is 4.39 Å². The molecule has 0 radical (unpaired) electrons. The van der Waals surface area contributed by atoms with Crippen LogP contribution in [0, 0.1) is 12.7 Å². The first-order chi connectivity index (χ1) is 7.54. The highest BCUT2D eigenvalue weighted by atomic mass is 19.1. The van der Waals surface area contributed by atoms with Crippen LogP contribution in [-0.2, 0) is 6.42 Å². The molecule has 1 fully saturated rings. The predicted octanol–water partition coefficient (Wildman–Crippen LogP) is 2.57. The lowest BCUT2D eigenvalue weighted by molar-refractivity contribution is 0.379. The maximum absolute atomic E-state index is 13.6. The van der Waals surface area contributed by atoms with E-state index < -0.39 is 0 Å². The summed E-state index contributed by atoms with van der Waals surface area (Å²) in [6.45, 7) is 1.89. The zero-order valence-corrected chi connectivity index (χ0v) is 9.85. The largest absolute Gasteiger partial charge is 0.493 e. The van der Waals surface area contributed by atoms with Gasteiger partial charge in [-0.3, -0.25) is 0 Å². The molecule has 0 heterocycles. The van der Waals surface area contributed by atoms with Crippen molar-refractivity contribution >= 4 is 0 Å². The predicted molar refractivity (Wildman–Crippen MR) is 62.2 cm³/mol. The molecular weight excluding hydrogens is 205 g/mol. The first-order valence-corrected chi connectivity index (χ1v) is 5.66. The van der Waals surface area contributed by atoms with Gasteiger partial charge in [0.2, 0.25) is 0 Å². The van der Waals surface area contributed by atoms with E-state index >= 15 is 0 Å². The molecule has 2 nitrogen and oxygen atoms in total. The molecule has 0 aliphatic heterocycles. The summed E-state index contributed by atoms with van der Waals surface area (Å²) in [6, 6.07) is 3.48. The molecule has 0 amide bonds. The Kier molecular flexibility index (Phi) is 2.89. The quantitative estimate of drug-likeness (QED) is 0.851. The average Bonchev–Trinajstić information content (AvgIpc) is 2.94. The molecule has 1 aliphatic carbocycles.